The van der Waals surface area contributed by atoms with E-state index in [4.69, 9.17) is 4.74 Å². The van der Waals surface area contributed by atoms with Crippen LogP contribution in [-0.4, -0.2) is 65.1 Å². The van der Waals surface area contributed by atoms with Crippen LogP contribution >= 0.6 is 0 Å². The van der Waals surface area contributed by atoms with Crippen molar-refractivity contribution in [3.8, 4) is 11.3 Å². The highest BCUT2D eigenvalue weighted by molar-refractivity contribution is 5.94. The van der Waals surface area contributed by atoms with Crippen molar-refractivity contribution in [2.24, 2.45) is 0 Å². The molecule has 166 valence electrons. The molecular formula is C25H28N4O3. The van der Waals surface area contributed by atoms with E-state index in [2.05, 4.69) is 14.9 Å². The Bertz CT molecular complexity index is 1060. The number of rotatable bonds is 8. The summed E-state index contributed by atoms with van der Waals surface area (Å²) in [6.45, 7) is 5.24. The van der Waals surface area contributed by atoms with Gasteiger partial charge >= 0.3 is 0 Å². The summed E-state index contributed by atoms with van der Waals surface area (Å²) in [4.78, 5) is 37.2. The van der Waals surface area contributed by atoms with E-state index in [1.807, 2.05) is 42.5 Å². The summed E-state index contributed by atoms with van der Waals surface area (Å²) in [5.41, 5.74) is 2.37. The lowest BCUT2D eigenvalue weighted by molar-refractivity contribution is 0.0355. The van der Waals surface area contributed by atoms with Gasteiger partial charge in [-0.05, 0) is 41.8 Å². The smallest absolute Gasteiger partial charge is 0.261 e. The second-order valence-electron chi connectivity index (χ2n) is 7.87. The number of hydrogen-bond donors (Lipinski definition) is 1. The molecule has 1 aromatic carbocycles. The van der Waals surface area contributed by atoms with Crippen molar-refractivity contribution in [3.05, 3.63) is 88.5 Å². The molecule has 3 aromatic rings. The van der Waals surface area contributed by atoms with Gasteiger partial charge in [0.15, 0.2) is 0 Å². The number of aromatic nitrogens is 2. The molecule has 1 N–H and O–H groups in total. The van der Waals surface area contributed by atoms with Crippen LogP contribution in [0.2, 0.25) is 0 Å². The van der Waals surface area contributed by atoms with E-state index in [9.17, 15) is 9.59 Å². The van der Waals surface area contributed by atoms with Gasteiger partial charge in [-0.2, -0.15) is 0 Å². The molecule has 7 nitrogen and oxygen atoms in total. The third kappa shape index (κ3) is 5.69. The monoisotopic (exact) mass is 432 g/mol. The van der Waals surface area contributed by atoms with Crippen LogP contribution in [0.5, 0.6) is 0 Å². The number of morpholine rings is 1. The lowest BCUT2D eigenvalue weighted by Crippen LogP contribution is -2.39. The topological polar surface area (TPSA) is 78.5 Å². The Morgan fingerprint density at radius 2 is 1.78 bits per heavy atom. The Labute approximate surface area is 187 Å². The van der Waals surface area contributed by atoms with Gasteiger partial charge in [0.05, 0.1) is 13.2 Å². The molecule has 0 atom stereocenters. The van der Waals surface area contributed by atoms with Crippen LogP contribution < -0.4 is 5.56 Å². The fraction of sp³-hybridized carbons (Fsp3) is 0.320. The molecule has 2 aromatic heterocycles. The summed E-state index contributed by atoms with van der Waals surface area (Å²) in [5, 5.41) is 0. The zero-order valence-corrected chi connectivity index (χ0v) is 18.1. The Balaban J connectivity index is 1.50. The number of pyridine rings is 2. The normalized spacial score (nSPS) is 14.2. The second kappa shape index (κ2) is 10.8. The quantitative estimate of drug-likeness (QED) is 0.592. The van der Waals surface area contributed by atoms with Crippen molar-refractivity contribution < 1.29 is 9.53 Å². The molecule has 0 bridgehead atoms. The number of carbonyl (C=O) groups is 1. The first kappa shape index (κ1) is 21.9. The zero-order valence-electron chi connectivity index (χ0n) is 18.1. The summed E-state index contributed by atoms with van der Waals surface area (Å²) in [5.74, 6) is -0.260. The lowest BCUT2D eigenvalue weighted by atomic mass is 10.1. The molecule has 1 amide bonds. The van der Waals surface area contributed by atoms with E-state index in [1.165, 1.54) is 0 Å². The molecule has 1 fully saturated rings. The predicted octanol–water partition coefficient (Wildman–Crippen LogP) is 2.80. The lowest BCUT2D eigenvalue weighted by Gasteiger charge is -2.28. The molecule has 0 spiro atoms. The minimum atomic E-state index is -0.371. The molecular weight excluding hydrogens is 404 g/mol. The van der Waals surface area contributed by atoms with Crippen molar-refractivity contribution in [1.82, 2.24) is 19.8 Å². The van der Waals surface area contributed by atoms with Gasteiger partial charge in [0.1, 0.15) is 5.56 Å². The van der Waals surface area contributed by atoms with Crippen molar-refractivity contribution in [3.63, 3.8) is 0 Å². The highest BCUT2D eigenvalue weighted by Gasteiger charge is 2.20. The Hall–Kier alpha value is -3.29. The first-order valence-corrected chi connectivity index (χ1v) is 11.0. The number of nitrogens with one attached hydrogen (secondary N) is 1. The van der Waals surface area contributed by atoms with E-state index in [0.29, 0.717) is 18.8 Å². The maximum absolute atomic E-state index is 13.4. The molecule has 3 heterocycles. The molecule has 7 heteroatoms. The standard InChI is InChI=1S/C25H28N4O3/c30-24-22(7-8-23(27-24)21-5-2-1-3-6-21)25(31)29(19-20-9-11-26-12-10-20)14-4-13-28-15-17-32-18-16-28/h1-3,5-12H,4,13-19H2,(H,27,30). The third-order valence-electron chi connectivity index (χ3n) is 5.64. The van der Waals surface area contributed by atoms with E-state index >= 15 is 0 Å². The van der Waals surface area contributed by atoms with Crippen LogP contribution in [0.15, 0.2) is 71.8 Å². The molecule has 1 aliphatic heterocycles. The molecule has 1 aliphatic rings. The Morgan fingerprint density at radius 1 is 1.03 bits per heavy atom. The van der Waals surface area contributed by atoms with Crippen molar-refractivity contribution in [1.29, 1.82) is 0 Å². The van der Waals surface area contributed by atoms with Crippen LogP contribution in [0.4, 0.5) is 0 Å². The molecule has 0 saturated carbocycles. The minimum Gasteiger partial charge on any atom is -0.379 e. The van der Waals surface area contributed by atoms with E-state index < -0.39 is 0 Å². The highest BCUT2D eigenvalue weighted by Crippen LogP contribution is 2.16. The fourth-order valence-corrected chi connectivity index (χ4v) is 3.87. The van der Waals surface area contributed by atoms with Gasteiger partial charge in [0.25, 0.3) is 11.5 Å². The third-order valence-corrected chi connectivity index (χ3v) is 5.64. The first-order valence-electron chi connectivity index (χ1n) is 11.0. The number of hydrogen-bond acceptors (Lipinski definition) is 5. The van der Waals surface area contributed by atoms with Crippen molar-refractivity contribution in [2.45, 2.75) is 13.0 Å². The van der Waals surface area contributed by atoms with Gasteiger partial charge in [-0.1, -0.05) is 30.3 Å². The number of carbonyl (C=O) groups excluding carboxylic acids is 1. The SMILES string of the molecule is O=C(c1ccc(-c2ccccc2)[nH]c1=O)N(CCCN1CCOCC1)Cc1ccncc1. The number of benzene rings is 1. The molecule has 1 saturated heterocycles. The number of ether oxygens (including phenoxy) is 1. The van der Waals surface area contributed by atoms with Crippen LogP contribution in [-0.2, 0) is 11.3 Å². The molecule has 0 aliphatic carbocycles. The van der Waals surface area contributed by atoms with Gasteiger partial charge in [-0.3, -0.25) is 19.5 Å². The summed E-state index contributed by atoms with van der Waals surface area (Å²) in [6.07, 6.45) is 4.26. The Kier molecular flexibility index (Phi) is 7.42. The second-order valence-corrected chi connectivity index (χ2v) is 7.87. The summed E-state index contributed by atoms with van der Waals surface area (Å²) in [7, 11) is 0. The summed E-state index contributed by atoms with van der Waals surface area (Å²) in [6, 6.07) is 16.8. The Morgan fingerprint density at radius 3 is 2.50 bits per heavy atom. The summed E-state index contributed by atoms with van der Waals surface area (Å²) >= 11 is 0. The van der Waals surface area contributed by atoms with Crippen molar-refractivity contribution >= 4 is 5.91 Å². The van der Waals surface area contributed by atoms with Crippen LogP contribution in [0, 0.1) is 0 Å². The molecule has 0 unspecified atom stereocenters. The van der Waals surface area contributed by atoms with Gasteiger partial charge in [-0.15, -0.1) is 0 Å². The van der Waals surface area contributed by atoms with Crippen LogP contribution in [0.25, 0.3) is 11.3 Å². The van der Waals surface area contributed by atoms with Crippen LogP contribution in [0.3, 0.4) is 0 Å². The largest absolute Gasteiger partial charge is 0.379 e. The van der Waals surface area contributed by atoms with E-state index in [1.54, 1.807) is 29.4 Å². The fourth-order valence-electron chi connectivity index (χ4n) is 3.87. The summed E-state index contributed by atoms with van der Waals surface area (Å²) < 4.78 is 5.41. The average Bonchev–Trinajstić information content (AvgIpc) is 2.85. The van der Waals surface area contributed by atoms with Crippen molar-refractivity contribution in [2.75, 3.05) is 39.4 Å². The van der Waals surface area contributed by atoms with Gasteiger partial charge in [0, 0.05) is 50.8 Å². The number of amides is 1. The number of H-pyrrole nitrogens is 1. The maximum atomic E-state index is 13.4. The average molecular weight is 433 g/mol. The van der Waals surface area contributed by atoms with Gasteiger partial charge in [0.2, 0.25) is 0 Å². The maximum Gasteiger partial charge on any atom is 0.261 e. The predicted molar refractivity (Wildman–Crippen MR) is 123 cm³/mol. The van der Waals surface area contributed by atoms with Gasteiger partial charge < -0.3 is 14.6 Å². The van der Waals surface area contributed by atoms with E-state index in [-0.39, 0.29) is 17.0 Å². The number of aromatic amines is 1. The van der Waals surface area contributed by atoms with E-state index in [0.717, 1.165) is 50.4 Å². The minimum absolute atomic E-state index is 0.158. The number of nitrogens with zero attached hydrogens (tertiary/aromatic N) is 3. The first-order chi connectivity index (χ1) is 15.7. The molecule has 0 radical (unpaired) electrons. The van der Waals surface area contributed by atoms with Crippen LogP contribution in [0.1, 0.15) is 22.3 Å². The molecule has 4 rings (SSSR count). The molecule has 32 heavy (non-hydrogen) atoms. The highest BCUT2D eigenvalue weighted by atomic mass is 16.5. The zero-order chi connectivity index (χ0) is 22.2. The van der Waals surface area contributed by atoms with Gasteiger partial charge in [-0.25, -0.2) is 0 Å².